The Labute approximate surface area is 100 Å². The van der Waals surface area contributed by atoms with E-state index in [2.05, 4.69) is 53.7 Å². The van der Waals surface area contributed by atoms with Crippen molar-refractivity contribution in [2.75, 3.05) is 11.9 Å². The molecule has 16 heavy (non-hydrogen) atoms. The Hall–Kier alpha value is -1.28. The van der Waals surface area contributed by atoms with Crippen LogP contribution in [0.3, 0.4) is 0 Å². The number of likely N-dealkylation sites (N-methyl/N-ethyl adjacent to an activating group) is 1. The molecule has 0 unspecified atom stereocenters. The first-order valence-electron chi connectivity index (χ1n) is 5.68. The quantitative estimate of drug-likeness (QED) is 0.763. The normalized spacial score (nSPS) is 15.1. The number of hydrogen-bond acceptors (Lipinski definition) is 2. The van der Waals surface area contributed by atoms with Crippen LogP contribution in [-0.4, -0.2) is 13.1 Å². The van der Waals surface area contributed by atoms with Crippen LogP contribution >= 0.6 is 11.3 Å². The average Bonchev–Trinajstić information content (AvgIpc) is 2.97. The predicted octanol–water partition coefficient (Wildman–Crippen LogP) is 3.35. The number of hydrogen-bond donors (Lipinski definition) is 0. The Morgan fingerprint density at radius 2 is 1.75 bits per heavy atom. The lowest BCUT2D eigenvalue weighted by molar-refractivity contribution is 0.671. The van der Waals surface area contributed by atoms with E-state index in [1.54, 1.807) is 0 Å². The molecule has 3 rings (SSSR count). The molecular formula is C14H15NS. The number of nitrogens with zero attached hydrogens (tertiary/aromatic N) is 1. The van der Waals surface area contributed by atoms with E-state index in [1.807, 2.05) is 11.3 Å². The molecule has 0 saturated heterocycles. The van der Waals surface area contributed by atoms with Gasteiger partial charge in [-0.3, -0.25) is 0 Å². The molecule has 2 heteroatoms. The molecule has 0 atom stereocenters. The molecule has 1 nitrogen and oxygen atoms in total. The molecule has 0 radical (unpaired) electrons. The van der Waals surface area contributed by atoms with E-state index >= 15 is 0 Å². The second-order valence-corrected chi connectivity index (χ2v) is 5.32. The van der Waals surface area contributed by atoms with Gasteiger partial charge in [0.15, 0.2) is 0 Å². The smallest absolute Gasteiger partial charge is 0.0908 e. The number of anilines is 1. The molecule has 0 bridgehead atoms. The summed E-state index contributed by atoms with van der Waals surface area (Å²) in [7, 11) is 2.21. The average molecular weight is 229 g/mol. The predicted molar refractivity (Wildman–Crippen MR) is 70.4 cm³/mol. The fourth-order valence-electron chi connectivity index (χ4n) is 2.46. The zero-order valence-corrected chi connectivity index (χ0v) is 10.2. The van der Waals surface area contributed by atoms with E-state index in [0.717, 1.165) is 0 Å². The Bertz CT molecular complexity index is 450. The summed E-state index contributed by atoms with van der Waals surface area (Å²) in [5, 5.41) is 3.52. The topological polar surface area (TPSA) is 3.24 Å². The van der Waals surface area contributed by atoms with Crippen LogP contribution < -0.4 is 4.90 Å². The van der Waals surface area contributed by atoms with Crippen LogP contribution in [-0.2, 0) is 12.8 Å². The van der Waals surface area contributed by atoms with Gasteiger partial charge in [-0.1, -0.05) is 24.3 Å². The maximum atomic E-state index is 2.42. The summed E-state index contributed by atoms with van der Waals surface area (Å²) in [6, 6.07) is 13.8. The summed E-state index contributed by atoms with van der Waals surface area (Å²) < 4.78 is 0. The summed E-state index contributed by atoms with van der Waals surface area (Å²) in [5.74, 6) is 0. The van der Waals surface area contributed by atoms with Crippen molar-refractivity contribution in [1.29, 1.82) is 0 Å². The molecule has 0 saturated carbocycles. The Morgan fingerprint density at radius 1 is 1.06 bits per heavy atom. The van der Waals surface area contributed by atoms with Gasteiger partial charge in [-0.2, -0.15) is 0 Å². The molecule has 2 aromatic rings. The highest BCUT2D eigenvalue weighted by molar-refractivity contribution is 7.14. The van der Waals surface area contributed by atoms with Crippen molar-refractivity contribution in [1.82, 2.24) is 0 Å². The van der Waals surface area contributed by atoms with Crippen molar-refractivity contribution >= 4 is 16.3 Å². The maximum Gasteiger partial charge on any atom is 0.0908 e. The molecule has 0 fully saturated rings. The van der Waals surface area contributed by atoms with Crippen LogP contribution in [0.2, 0.25) is 0 Å². The number of fused-ring (bicyclic) bond motifs is 1. The summed E-state index contributed by atoms with van der Waals surface area (Å²) in [5.41, 5.74) is 3.05. The van der Waals surface area contributed by atoms with Gasteiger partial charge in [0.05, 0.1) is 5.00 Å². The largest absolute Gasteiger partial charge is 0.363 e. The molecule has 0 amide bonds. The Kier molecular flexibility index (Phi) is 2.44. The van der Waals surface area contributed by atoms with Crippen LogP contribution in [0.4, 0.5) is 5.00 Å². The lowest BCUT2D eigenvalue weighted by Gasteiger charge is -2.24. The third-order valence-electron chi connectivity index (χ3n) is 3.43. The maximum absolute atomic E-state index is 2.42. The highest BCUT2D eigenvalue weighted by Crippen LogP contribution is 2.29. The fourth-order valence-corrected chi connectivity index (χ4v) is 3.23. The SMILES string of the molecule is CN(c1cccs1)C1Cc2ccccc2C1. The van der Waals surface area contributed by atoms with Gasteiger partial charge in [-0.05, 0) is 41.5 Å². The molecule has 82 valence electrons. The molecule has 1 aromatic carbocycles. The molecule has 1 aliphatic carbocycles. The second-order valence-electron chi connectivity index (χ2n) is 4.39. The third kappa shape index (κ3) is 1.63. The number of rotatable bonds is 2. The zero-order valence-electron chi connectivity index (χ0n) is 9.39. The molecule has 0 N–H and O–H groups in total. The van der Waals surface area contributed by atoms with E-state index in [1.165, 1.54) is 29.0 Å². The van der Waals surface area contributed by atoms with Crippen molar-refractivity contribution < 1.29 is 0 Å². The van der Waals surface area contributed by atoms with Gasteiger partial charge in [0, 0.05) is 13.1 Å². The highest BCUT2D eigenvalue weighted by Gasteiger charge is 2.24. The van der Waals surface area contributed by atoms with Crippen molar-refractivity contribution in [3.05, 3.63) is 52.9 Å². The van der Waals surface area contributed by atoms with Gasteiger partial charge < -0.3 is 4.90 Å². The van der Waals surface area contributed by atoms with Gasteiger partial charge in [-0.25, -0.2) is 0 Å². The highest BCUT2D eigenvalue weighted by atomic mass is 32.1. The minimum Gasteiger partial charge on any atom is -0.363 e. The molecular weight excluding hydrogens is 214 g/mol. The molecule has 1 aliphatic rings. The molecule has 0 spiro atoms. The monoisotopic (exact) mass is 229 g/mol. The summed E-state index contributed by atoms with van der Waals surface area (Å²) in [6.45, 7) is 0. The van der Waals surface area contributed by atoms with Crippen molar-refractivity contribution in [3.63, 3.8) is 0 Å². The molecule has 1 heterocycles. The van der Waals surface area contributed by atoms with Gasteiger partial charge in [0.25, 0.3) is 0 Å². The van der Waals surface area contributed by atoms with E-state index in [0.29, 0.717) is 6.04 Å². The number of benzene rings is 1. The first-order valence-corrected chi connectivity index (χ1v) is 6.55. The molecule has 0 aliphatic heterocycles. The van der Waals surface area contributed by atoms with Gasteiger partial charge in [0.2, 0.25) is 0 Å². The van der Waals surface area contributed by atoms with Crippen LogP contribution in [0.5, 0.6) is 0 Å². The minimum absolute atomic E-state index is 0.635. The standard InChI is InChI=1S/C14H15NS/c1-15(14-7-4-8-16-14)13-9-11-5-2-3-6-12(11)10-13/h2-8,13H,9-10H2,1H3. The van der Waals surface area contributed by atoms with Crippen LogP contribution in [0.15, 0.2) is 41.8 Å². The van der Waals surface area contributed by atoms with Crippen LogP contribution in [0, 0.1) is 0 Å². The van der Waals surface area contributed by atoms with E-state index in [-0.39, 0.29) is 0 Å². The van der Waals surface area contributed by atoms with Gasteiger partial charge in [-0.15, -0.1) is 11.3 Å². The van der Waals surface area contributed by atoms with E-state index in [4.69, 9.17) is 0 Å². The van der Waals surface area contributed by atoms with Crippen molar-refractivity contribution in [3.8, 4) is 0 Å². The molecule has 1 aromatic heterocycles. The van der Waals surface area contributed by atoms with Crippen LogP contribution in [0.25, 0.3) is 0 Å². The first-order chi connectivity index (χ1) is 7.84. The van der Waals surface area contributed by atoms with Gasteiger partial charge >= 0.3 is 0 Å². The lowest BCUT2D eigenvalue weighted by Crippen LogP contribution is -2.31. The third-order valence-corrected chi connectivity index (χ3v) is 4.39. The van der Waals surface area contributed by atoms with Crippen molar-refractivity contribution in [2.45, 2.75) is 18.9 Å². The summed E-state index contributed by atoms with van der Waals surface area (Å²) in [4.78, 5) is 2.42. The van der Waals surface area contributed by atoms with E-state index in [9.17, 15) is 0 Å². The van der Waals surface area contributed by atoms with Gasteiger partial charge in [0.1, 0.15) is 0 Å². The zero-order chi connectivity index (χ0) is 11.0. The van der Waals surface area contributed by atoms with E-state index < -0.39 is 0 Å². The van der Waals surface area contributed by atoms with Crippen molar-refractivity contribution in [2.24, 2.45) is 0 Å². The Balaban J connectivity index is 1.81. The summed E-state index contributed by atoms with van der Waals surface area (Å²) in [6.07, 6.45) is 2.37. The second kappa shape index (κ2) is 3.95. The number of thiophene rings is 1. The lowest BCUT2D eigenvalue weighted by atomic mass is 10.1. The first kappa shape index (κ1) is 9.91. The summed E-state index contributed by atoms with van der Waals surface area (Å²) >= 11 is 1.82. The van der Waals surface area contributed by atoms with Crippen LogP contribution in [0.1, 0.15) is 11.1 Å². The fraction of sp³-hybridized carbons (Fsp3) is 0.286. The Morgan fingerprint density at radius 3 is 2.31 bits per heavy atom. The minimum atomic E-state index is 0.635.